The minimum Gasteiger partial charge on any atom is -0.352 e. The Hall–Kier alpha value is -2.55. The Morgan fingerprint density at radius 2 is 2.32 bits per heavy atom. The van der Waals surface area contributed by atoms with Crippen molar-refractivity contribution in [3.05, 3.63) is 40.5 Å². The lowest BCUT2D eigenvalue weighted by Crippen LogP contribution is -2.27. The van der Waals surface area contributed by atoms with Crippen LogP contribution in [0.15, 0.2) is 18.9 Å². The molecule has 0 spiro atoms. The van der Waals surface area contributed by atoms with E-state index in [1.165, 1.54) is 22.3 Å². The van der Waals surface area contributed by atoms with Gasteiger partial charge in [-0.15, -0.1) is 16.4 Å². The molecule has 0 bridgehead atoms. The Kier molecular flexibility index (Phi) is 3.96. The zero-order valence-corrected chi connectivity index (χ0v) is 13.0. The van der Waals surface area contributed by atoms with Gasteiger partial charge in [-0.05, 0) is 29.8 Å². The van der Waals surface area contributed by atoms with E-state index in [0.29, 0.717) is 18.5 Å². The number of carbonyl (C=O) groups is 1. The van der Waals surface area contributed by atoms with Crippen molar-refractivity contribution in [3.63, 3.8) is 0 Å². The summed E-state index contributed by atoms with van der Waals surface area (Å²) in [5, 5.41) is 14.8. The molecule has 0 atom stereocenters. The minimum absolute atomic E-state index is 0.119. The van der Waals surface area contributed by atoms with Crippen molar-refractivity contribution in [2.24, 2.45) is 0 Å². The van der Waals surface area contributed by atoms with Crippen LogP contribution in [-0.2, 0) is 6.42 Å². The fraction of sp³-hybridized carbons (Fsp3) is 0.308. The van der Waals surface area contributed by atoms with E-state index in [2.05, 4.69) is 30.8 Å². The average Bonchev–Trinajstić information content (AvgIpc) is 3.22. The van der Waals surface area contributed by atoms with Crippen LogP contribution in [-0.4, -0.2) is 42.6 Å². The van der Waals surface area contributed by atoms with Gasteiger partial charge in [-0.1, -0.05) is 0 Å². The number of hydrogen-bond acceptors (Lipinski definition) is 6. The fourth-order valence-corrected chi connectivity index (χ4v) is 3.18. The molecule has 9 heteroatoms. The van der Waals surface area contributed by atoms with Crippen LogP contribution < -0.4 is 5.32 Å². The number of tetrazole rings is 1. The van der Waals surface area contributed by atoms with Gasteiger partial charge in [0.1, 0.15) is 11.3 Å². The largest absolute Gasteiger partial charge is 0.352 e. The Morgan fingerprint density at radius 3 is 3.00 bits per heavy atom. The molecular formula is C13H15N7OS. The second-order valence-corrected chi connectivity index (χ2v) is 6.00. The summed E-state index contributed by atoms with van der Waals surface area (Å²) < 4.78 is 1.52. The van der Waals surface area contributed by atoms with Crippen LogP contribution in [0.2, 0.25) is 0 Å². The van der Waals surface area contributed by atoms with Crippen LogP contribution in [0.5, 0.6) is 0 Å². The van der Waals surface area contributed by atoms with Crippen LogP contribution in [0.25, 0.3) is 5.00 Å². The van der Waals surface area contributed by atoms with Gasteiger partial charge >= 0.3 is 0 Å². The Bertz CT molecular complexity index is 761. The summed E-state index contributed by atoms with van der Waals surface area (Å²) in [6.07, 6.45) is 5.57. The summed E-state index contributed by atoms with van der Waals surface area (Å²) in [5.74, 6) is -0.119. The van der Waals surface area contributed by atoms with Crippen LogP contribution in [0.3, 0.4) is 0 Å². The van der Waals surface area contributed by atoms with E-state index in [0.717, 1.165) is 21.1 Å². The van der Waals surface area contributed by atoms with Crippen molar-refractivity contribution in [2.75, 3.05) is 6.54 Å². The van der Waals surface area contributed by atoms with Gasteiger partial charge in [0.25, 0.3) is 5.91 Å². The van der Waals surface area contributed by atoms with Crippen molar-refractivity contribution in [1.29, 1.82) is 0 Å². The molecule has 0 saturated heterocycles. The smallest absolute Gasteiger partial charge is 0.254 e. The van der Waals surface area contributed by atoms with E-state index < -0.39 is 0 Å². The second kappa shape index (κ2) is 6.06. The third kappa shape index (κ3) is 2.75. The van der Waals surface area contributed by atoms with Gasteiger partial charge in [-0.25, -0.2) is 4.98 Å². The number of thiophene rings is 1. The third-order valence-electron chi connectivity index (χ3n) is 3.39. The van der Waals surface area contributed by atoms with Gasteiger partial charge in [-0.2, -0.15) is 4.68 Å². The molecule has 3 heterocycles. The van der Waals surface area contributed by atoms with Gasteiger partial charge < -0.3 is 10.3 Å². The zero-order chi connectivity index (χ0) is 15.5. The SMILES string of the molecule is Cc1sc(-n2cnnn2)c(C(=O)NCCc2cnc[nH]2)c1C. The second-order valence-electron chi connectivity index (χ2n) is 4.80. The molecule has 0 aliphatic rings. The summed E-state index contributed by atoms with van der Waals surface area (Å²) >= 11 is 1.50. The Morgan fingerprint density at radius 1 is 1.45 bits per heavy atom. The zero-order valence-electron chi connectivity index (χ0n) is 12.2. The molecule has 0 aromatic carbocycles. The summed E-state index contributed by atoms with van der Waals surface area (Å²) in [6.45, 7) is 4.45. The average molecular weight is 317 g/mol. The maximum atomic E-state index is 12.5. The van der Waals surface area contributed by atoms with Crippen molar-refractivity contribution < 1.29 is 4.79 Å². The number of aromatic nitrogens is 6. The van der Waals surface area contributed by atoms with E-state index in [1.54, 1.807) is 12.5 Å². The van der Waals surface area contributed by atoms with E-state index in [-0.39, 0.29) is 5.91 Å². The Labute approximate surface area is 130 Å². The number of rotatable bonds is 5. The summed E-state index contributed by atoms with van der Waals surface area (Å²) in [4.78, 5) is 20.5. The molecule has 3 rings (SSSR count). The number of aromatic amines is 1. The fourth-order valence-electron chi connectivity index (χ4n) is 2.11. The van der Waals surface area contributed by atoms with Gasteiger partial charge in [0.15, 0.2) is 0 Å². The number of carbonyl (C=O) groups excluding carboxylic acids is 1. The molecule has 3 aromatic heterocycles. The van der Waals surface area contributed by atoms with Gasteiger partial charge in [-0.3, -0.25) is 4.79 Å². The first-order valence-corrected chi connectivity index (χ1v) is 7.57. The number of nitrogens with zero attached hydrogens (tertiary/aromatic N) is 5. The van der Waals surface area contributed by atoms with E-state index in [9.17, 15) is 4.79 Å². The van der Waals surface area contributed by atoms with E-state index >= 15 is 0 Å². The van der Waals surface area contributed by atoms with Gasteiger partial charge in [0.05, 0.1) is 11.9 Å². The number of nitrogens with one attached hydrogen (secondary N) is 2. The minimum atomic E-state index is -0.119. The van der Waals surface area contributed by atoms with Crippen molar-refractivity contribution in [3.8, 4) is 5.00 Å². The maximum absolute atomic E-state index is 12.5. The van der Waals surface area contributed by atoms with Crippen LogP contribution in [0.4, 0.5) is 0 Å². The highest BCUT2D eigenvalue weighted by Crippen LogP contribution is 2.29. The lowest BCUT2D eigenvalue weighted by Gasteiger charge is -2.06. The predicted molar refractivity (Wildman–Crippen MR) is 81.1 cm³/mol. The number of H-pyrrole nitrogens is 1. The molecule has 2 N–H and O–H groups in total. The highest BCUT2D eigenvalue weighted by Gasteiger charge is 2.21. The summed E-state index contributed by atoms with van der Waals surface area (Å²) in [7, 11) is 0. The molecule has 0 aliphatic heterocycles. The molecule has 0 radical (unpaired) electrons. The predicted octanol–water partition coefficient (Wildman–Crippen LogP) is 1.04. The maximum Gasteiger partial charge on any atom is 0.254 e. The van der Waals surface area contributed by atoms with E-state index in [1.807, 2.05) is 13.8 Å². The first kappa shape index (κ1) is 14.4. The summed E-state index contributed by atoms with van der Waals surface area (Å²) in [6, 6.07) is 0. The molecule has 3 aromatic rings. The standard InChI is InChI=1S/C13H15N7OS/c1-8-9(2)22-13(20-7-17-18-19-20)11(8)12(21)15-4-3-10-5-14-6-16-10/h5-7H,3-4H2,1-2H3,(H,14,16)(H,15,21). The molecular weight excluding hydrogens is 302 g/mol. The third-order valence-corrected chi connectivity index (χ3v) is 4.58. The topological polar surface area (TPSA) is 101 Å². The monoisotopic (exact) mass is 317 g/mol. The van der Waals surface area contributed by atoms with Crippen molar-refractivity contribution in [1.82, 2.24) is 35.5 Å². The highest BCUT2D eigenvalue weighted by atomic mass is 32.1. The summed E-state index contributed by atoms with van der Waals surface area (Å²) in [5.41, 5.74) is 2.56. The Balaban J connectivity index is 1.77. The molecule has 1 amide bonds. The molecule has 8 nitrogen and oxygen atoms in total. The van der Waals surface area contributed by atoms with Crippen LogP contribution in [0, 0.1) is 13.8 Å². The van der Waals surface area contributed by atoms with Crippen molar-refractivity contribution >= 4 is 17.2 Å². The molecule has 114 valence electrons. The number of amides is 1. The molecule has 0 saturated carbocycles. The van der Waals surface area contributed by atoms with Gasteiger partial charge in [0.2, 0.25) is 0 Å². The lowest BCUT2D eigenvalue weighted by molar-refractivity contribution is 0.0953. The quantitative estimate of drug-likeness (QED) is 0.732. The molecule has 0 fully saturated rings. The first-order chi connectivity index (χ1) is 10.7. The number of hydrogen-bond donors (Lipinski definition) is 2. The molecule has 0 unspecified atom stereocenters. The number of imidazole rings is 1. The number of aryl methyl sites for hydroxylation is 1. The van der Waals surface area contributed by atoms with Crippen LogP contribution in [0.1, 0.15) is 26.5 Å². The van der Waals surface area contributed by atoms with E-state index in [4.69, 9.17) is 0 Å². The van der Waals surface area contributed by atoms with Crippen LogP contribution >= 0.6 is 11.3 Å². The normalized spacial score (nSPS) is 10.8. The van der Waals surface area contributed by atoms with Gasteiger partial charge in [0, 0.05) is 29.7 Å². The molecule has 0 aliphatic carbocycles. The first-order valence-electron chi connectivity index (χ1n) is 6.75. The lowest BCUT2D eigenvalue weighted by atomic mass is 10.1. The van der Waals surface area contributed by atoms with Crippen molar-refractivity contribution in [2.45, 2.75) is 20.3 Å². The molecule has 22 heavy (non-hydrogen) atoms. The highest BCUT2D eigenvalue weighted by molar-refractivity contribution is 7.15.